The molecule has 0 fully saturated rings. The summed E-state index contributed by atoms with van der Waals surface area (Å²) < 4.78 is 47.7. The van der Waals surface area contributed by atoms with Crippen LogP contribution in [0.3, 0.4) is 0 Å². The summed E-state index contributed by atoms with van der Waals surface area (Å²) in [6, 6.07) is 1.02. The van der Waals surface area contributed by atoms with Crippen molar-refractivity contribution >= 4 is 5.82 Å². The van der Waals surface area contributed by atoms with Crippen LogP contribution in [0.5, 0.6) is 0 Å². The van der Waals surface area contributed by atoms with Gasteiger partial charge < -0.3 is 5.32 Å². The first kappa shape index (κ1) is 11.7. The lowest BCUT2D eigenvalue weighted by molar-refractivity contribution is -0.134. The van der Waals surface area contributed by atoms with E-state index in [4.69, 9.17) is 0 Å². The molecule has 0 aliphatic carbocycles. The summed E-state index contributed by atoms with van der Waals surface area (Å²) in [4.78, 5) is 6.84. The van der Waals surface area contributed by atoms with Crippen molar-refractivity contribution < 1.29 is 17.6 Å². The van der Waals surface area contributed by atoms with E-state index in [1.165, 1.54) is 0 Å². The third-order valence-corrected chi connectivity index (χ3v) is 1.58. The fraction of sp³-hybridized carbons (Fsp3) is 0.500. The highest BCUT2D eigenvalue weighted by Gasteiger charge is 2.25. The standard InChI is InChI=1S/C8H9F4N3/c9-6-4-7(15-5-14-6)13-3-1-2-8(10,11)12/h4-5H,1-3H2,(H,13,14,15). The zero-order valence-electron chi connectivity index (χ0n) is 7.68. The fourth-order valence-electron chi connectivity index (χ4n) is 0.936. The molecule has 0 atom stereocenters. The normalized spacial score (nSPS) is 11.5. The predicted molar refractivity (Wildman–Crippen MR) is 45.8 cm³/mol. The number of nitrogens with zero attached hydrogens (tertiary/aromatic N) is 2. The van der Waals surface area contributed by atoms with Gasteiger partial charge in [0, 0.05) is 19.0 Å². The molecule has 0 aromatic carbocycles. The van der Waals surface area contributed by atoms with Crippen LogP contribution >= 0.6 is 0 Å². The summed E-state index contributed by atoms with van der Waals surface area (Å²) in [6.07, 6.45) is -4.09. The van der Waals surface area contributed by atoms with Crippen LogP contribution in [0.25, 0.3) is 0 Å². The Bertz CT molecular complexity index is 313. The molecular formula is C8H9F4N3. The van der Waals surface area contributed by atoms with Gasteiger partial charge in [-0.3, -0.25) is 0 Å². The third-order valence-electron chi connectivity index (χ3n) is 1.58. The van der Waals surface area contributed by atoms with Crippen LogP contribution in [0.15, 0.2) is 12.4 Å². The molecule has 1 aromatic rings. The van der Waals surface area contributed by atoms with E-state index in [0.717, 1.165) is 12.4 Å². The second kappa shape index (κ2) is 4.90. The van der Waals surface area contributed by atoms with E-state index in [-0.39, 0.29) is 18.8 Å². The maximum Gasteiger partial charge on any atom is 0.389 e. The SMILES string of the molecule is Fc1cc(NCCCC(F)(F)F)ncn1. The molecule has 0 saturated carbocycles. The van der Waals surface area contributed by atoms with E-state index in [0.29, 0.717) is 0 Å². The topological polar surface area (TPSA) is 37.8 Å². The molecule has 1 rings (SSSR count). The van der Waals surface area contributed by atoms with Crippen LogP contribution in [0.1, 0.15) is 12.8 Å². The molecule has 1 N–H and O–H groups in total. The molecule has 0 bridgehead atoms. The first-order valence-corrected chi connectivity index (χ1v) is 4.25. The van der Waals surface area contributed by atoms with Crippen molar-refractivity contribution in [1.82, 2.24) is 9.97 Å². The van der Waals surface area contributed by atoms with Crippen molar-refractivity contribution in [3.05, 3.63) is 18.3 Å². The summed E-state index contributed by atoms with van der Waals surface area (Å²) in [7, 11) is 0. The minimum absolute atomic E-state index is 0.0743. The average molecular weight is 223 g/mol. The quantitative estimate of drug-likeness (QED) is 0.483. The van der Waals surface area contributed by atoms with Gasteiger partial charge in [-0.1, -0.05) is 0 Å². The highest BCUT2D eigenvalue weighted by Crippen LogP contribution is 2.21. The second-order valence-electron chi connectivity index (χ2n) is 2.87. The Morgan fingerprint density at radius 1 is 1.27 bits per heavy atom. The molecule has 0 spiro atoms. The van der Waals surface area contributed by atoms with Gasteiger partial charge in [0.2, 0.25) is 5.95 Å². The lowest BCUT2D eigenvalue weighted by Gasteiger charge is -2.07. The van der Waals surface area contributed by atoms with E-state index in [1.807, 2.05) is 0 Å². The van der Waals surface area contributed by atoms with Gasteiger partial charge in [0.05, 0.1) is 0 Å². The van der Waals surface area contributed by atoms with Crippen LogP contribution in [-0.4, -0.2) is 22.7 Å². The second-order valence-corrected chi connectivity index (χ2v) is 2.87. The van der Waals surface area contributed by atoms with Crippen molar-refractivity contribution in [2.75, 3.05) is 11.9 Å². The zero-order chi connectivity index (χ0) is 11.3. The van der Waals surface area contributed by atoms with Crippen molar-refractivity contribution in [2.24, 2.45) is 0 Å². The monoisotopic (exact) mass is 223 g/mol. The number of aromatic nitrogens is 2. The highest BCUT2D eigenvalue weighted by molar-refractivity contribution is 5.31. The highest BCUT2D eigenvalue weighted by atomic mass is 19.4. The molecule has 84 valence electrons. The third kappa shape index (κ3) is 5.14. The van der Waals surface area contributed by atoms with Gasteiger partial charge in [-0.25, -0.2) is 9.97 Å². The number of nitrogens with one attached hydrogen (secondary N) is 1. The summed E-state index contributed by atoms with van der Waals surface area (Å²) in [5, 5.41) is 2.57. The maximum atomic E-state index is 12.5. The summed E-state index contributed by atoms with van der Waals surface area (Å²) >= 11 is 0. The van der Waals surface area contributed by atoms with Gasteiger partial charge in [0.15, 0.2) is 0 Å². The molecule has 0 aliphatic heterocycles. The molecule has 0 aliphatic rings. The maximum absolute atomic E-state index is 12.5. The van der Waals surface area contributed by atoms with Crippen molar-refractivity contribution in [3.63, 3.8) is 0 Å². The first-order valence-electron chi connectivity index (χ1n) is 4.25. The van der Waals surface area contributed by atoms with E-state index < -0.39 is 18.5 Å². The molecule has 1 aromatic heterocycles. The summed E-state index contributed by atoms with van der Waals surface area (Å²) in [6.45, 7) is 0.0932. The van der Waals surface area contributed by atoms with Gasteiger partial charge >= 0.3 is 6.18 Å². The molecule has 0 radical (unpaired) electrons. The van der Waals surface area contributed by atoms with Crippen molar-refractivity contribution in [2.45, 2.75) is 19.0 Å². The Morgan fingerprint density at radius 2 is 2.00 bits per heavy atom. The van der Waals surface area contributed by atoms with E-state index in [1.54, 1.807) is 0 Å². The smallest absolute Gasteiger partial charge is 0.370 e. The van der Waals surface area contributed by atoms with Crippen molar-refractivity contribution in [3.8, 4) is 0 Å². The van der Waals surface area contributed by atoms with Crippen LogP contribution < -0.4 is 5.32 Å². The number of rotatable bonds is 4. The predicted octanol–water partition coefficient (Wildman–Crippen LogP) is 2.37. The van der Waals surface area contributed by atoms with Gasteiger partial charge in [-0.2, -0.15) is 17.6 Å². The Morgan fingerprint density at radius 3 is 2.60 bits per heavy atom. The fourth-order valence-corrected chi connectivity index (χ4v) is 0.936. The number of alkyl halides is 3. The summed E-state index contributed by atoms with van der Waals surface area (Å²) in [5.41, 5.74) is 0. The first-order chi connectivity index (χ1) is 6.97. The minimum Gasteiger partial charge on any atom is -0.370 e. The lowest BCUT2D eigenvalue weighted by atomic mass is 10.3. The Labute approximate surface area is 83.5 Å². The van der Waals surface area contributed by atoms with E-state index >= 15 is 0 Å². The van der Waals surface area contributed by atoms with Gasteiger partial charge in [0.25, 0.3) is 0 Å². The molecule has 15 heavy (non-hydrogen) atoms. The van der Waals surface area contributed by atoms with Crippen molar-refractivity contribution in [1.29, 1.82) is 0 Å². The number of hydrogen-bond acceptors (Lipinski definition) is 3. The zero-order valence-corrected chi connectivity index (χ0v) is 7.68. The minimum atomic E-state index is -4.15. The average Bonchev–Trinajstić information content (AvgIpc) is 2.11. The Hall–Kier alpha value is -1.40. The lowest BCUT2D eigenvalue weighted by Crippen LogP contribution is -2.11. The van der Waals surface area contributed by atoms with Gasteiger partial charge in [-0.05, 0) is 6.42 Å². The van der Waals surface area contributed by atoms with Gasteiger partial charge in [-0.15, -0.1) is 0 Å². The van der Waals surface area contributed by atoms with E-state index in [2.05, 4.69) is 15.3 Å². The molecule has 0 unspecified atom stereocenters. The molecule has 0 saturated heterocycles. The number of anilines is 1. The van der Waals surface area contributed by atoms with Crippen LogP contribution in [0.4, 0.5) is 23.4 Å². The molecule has 3 nitrogen and oxygen atoms in total. The van der Waals surface area contributed by atoms with Crippen LogP contribution in [-0.2, 0) is 0 Å². The molecular weight excluding hydrogens is 214 g/mol. The van der Waals surface area contributed by atoms with E-state index in [9.17, 15) is 17.6 Å². The Kier molecular flexibility index (Phi) is 3.81. The largest absolute Gasteiger partial charge is 0.389 e. The molecule has 7 heteroatoms. The number of halogens is 4. The Balaban J connectivity index is 2.26. The number of hydrogen-bond donors (Lipinski definition) is 1. The molecule has 0 amide bonds. The van der Waals surface area contributed by atoms with Gasteiger partial charge in [0.1, 0.15) is 12.1 Å². The van der Waals surface area contributed by atoms with Crippen LogP contribution in [0, 0.1) is 5.95 Å². The van der Waals surface area contributed by atoms with Crippen LogP contribution in [0.2, 0.25) is 0 Å². The molecule has 1 heterocycles. The summed E-state index contributed by atoms with van der Waals surface area (Å²) in [5.74, 6) is -0.534.